The van der Waals surface area contributed by atoms with Crippen molar-refractivity contribution in [2.75, 3.05) is 33.3 Å². The van der Waals surface area contributed by atoms with Gasteiger partial charge in [0, 0.05) is 37.9 Å². The van der Waals surface area contributed by atoms with Crippen LogP contribution >= 0.6 is 0 Å². The van der Waals surface area contributed by atoms with Gasteiger partial charge in [0.05, 0.1) is 23.9 Å². The van der Waals surface area contributed by atoms with Crippen LogP contribution in [-0.2, 0) is 0 Å². The minimum Gasteiger partial charge on any atom is -0.507 e. The topological polar surface area (TPSA) is 87.9 Å². The molecule has 1 aromatic heterocycles. The van der Waals surface area contributed by atoms with Crippen LogP contribution in [0.3, 0.4) is 0 Å². The van der Waals surface area contributed by atoms with E-state index in [1.165, 1.54) is 6.07 Å². The zero-order chi connectivity index (χ0) is 25.1. The highest BCUT2D eigenvalue weighted by Gasteiger charge is 2.30. The number of piperazine rings is 1. The van der Waals surface area contributed by atoms with E-state index < -0.39 is 0 Å². The molecule has 0 radical (unpaired) electrons. The number of amides is 2. The predicted octanol–water partition coefficient (Wildman–Crippen LogP) is 3.85. The van der Waals surface area contributed by atoms with Crippen molar-refractivity contribution in [3.05, 3.63) is 96.2 Å². The van der Waals surface area contributed by atoms with Crippen molar-refractivity contribution in [3.8, 4) is 28.4 Å². The van der Waals surface area contributed by atoms with Crippen molar-refractivity contribution in [2.24, 2.45) is 0 Å². The number of carbonyl (C=O) groups is 2. The summed E-state index contributed by atoms with van der Waals surface area (Å²) < 4.78 is 7.25. The molecular formula is C28H26N4O4. The Morgan fingerprint density at radius 2 is 1.36 bits per heavy atom. The lowest BCUT2D eigenvalue weighted by Gasteiger charge is -2.34. The highest BCUT2D eigenvalue weighted by Crippen LogP contribution is 2.32. The molecular weight excluding hydrogens is 456 g/mol. The fourth-order valence-electron chi connectivity index (χ4n) is 4.39. The third-order valence-electron chi connectivity index (χ3n) is 6.32. The quantitative estimate of drug-likeness (QED) is 0.467. The number of hydrogen-bond acceptors (Lipinski definition) is 5. The minimum atomic E-state index is -0.244. The molecule has 0 bridgehead atoms. The molecule has 0 aliphatic carbocycles. The molecule has 0 atom stereocenters. The molecule has 2 heterocycles. The van der Waals surface area contributed by atoms with Gasteiger partial charge >= 0.3 is 0 Å². The average Bonchev–Trinajstić information content (AvgIpc) is 3.38. The van der Waals surface area contributed by atoms with Gasteiger partial charge in [-0.1, -0.05) is 42.5 Å². The van der Waals surface area contributed by atoms with Crippen LogP contribution in [0.2, 0.25) is 0 Å². The number of ether oxygens (including phenoxy) is 1. The van der Waals surface area contributed by atoms with E-state index in [1.54, 1.807) is 46.0 Å². The Kier molecular flexibility index (Phi) is 6.40. The van der Waals surface area contributed by atoms with Gasteiger partial charge in [0.15, 0.2) is 0 Å². The maximum atomic E-state index is 13.7. The number of rotatable bonds is 5. The van der Waals surface area contributed by atoms with Gasteiger partial charge in [-0.15, -0.1) is 0 Å². The number of benzene rings is 3. The van der Waals surface area contributed by atoms with E-state index in [-0.39, 0.29) is 23.1 Å². The molecule has 1 N–H and O–H groups in total. The van der Waals surface area contributed by atoms with Gasteiger partial charge in [-0.2, -0.15) is 5.10 Å². The molecule has 36 heavy (non-hydrogen) atoms. The predicted molar refractivity (Wildman–Crippen MR) is 135 cm³/mol. The average molecular weight is 483 g/mol. The highest BCUT2D eigenvalue weighted by molar-refractivity contribution is 6.01. The van der Waals surface area contributed by atoms with Gasteiger partial charge in [0.1, 0.15) is 17.2 Å². The van der Waals surface area contributed by atoms with Crippen LogP contribution in [0.5, 0.6) is 11.5 Å². The SMILES string of the molecule is COc1ccccc1-c1nn(-c2ccccc2)cc1C(=O)N1CCN(C(=O)c2ccccc2O)CC1. The molecule has 1 aliphatic heterocycles. The van der Waals surface area contributed by atoms with Crippen LogP contribution < -0.4 is 4.74 Å². The first-order chi connectivity index (χ1) is 17.6. The molecule has 8 heteroatoms. The molecule has 0 saturated carbocycles. The molecule has 4 aromatic rings. The zero-order valence-corrected chi connectivity index (χ0v) is 19.9. The standard InChI is InChI=1S/C28H26N4O4/c1-36-25-14-8-6-12-22(25)26-23(19-32(29-26)20-9-3-2-4-10-20)28(35)31-17-15-30(16-18-31)27(34)21-11-5-7-13-24(21)33/h2-14,19,33H,15-18H2,1H3. The van der Waals surface area contributed by atoms with Crippen LogP contribution in [0.4, 0.5) is 0 Å². The number of methoxy groups -OCH3 is 1. The van der Waals surface area contributed by atoms with Crippen LogP contribution in [0.1, 0.15) is 20.7 Å². The van der Waals surface area contributed by atoms with Gasteiger partial charge < -0.3 is 19.6 Å². The Bertz CT molecular complexity index is 1390. The van der Waals surface area contributed by atoms with Crippen LogP contribution in [0.15, 0.2) is 85.1 Å². The number of para-hydroxylation sites is 3. The van der Waals surface area contributed by atoms with E-state index in [1.807, 2.05) is 54.6 Å². The number of phenols is 1. The van der Waals surface area contributed by atoms with Gasteiger partial charge in [-0.3, -0.25) is 9.59 Å². The number of phenolic OH excluding ortho intramolecular Hbond substituents is 1. The van der Waals surface area contributed by atoms with E-state index in [0.29, 0.717) is 43.2 Å². The summed E-state index contributed by atoms with van der Waals surface area (Å²) in [4.78, 5) is 30.0. The summed E-state index contributed by atoms with van der Waals surface area (Å²) in [7, 11) is 1.59. The lowest BCUT2D eigenvalue weighted by molar-refractivity contribution is 0.0534. The van der Waals surface area contributed by atoms with Crippen molar-refractivity contribution < 1.29 is 19.4 Å². The van der Waals surface area contributed by atoms with Gasteiger partial charge in [0.2, 0.25) is 0 Å². The van der Waals surface area contributed by atoms with Crippen molar-refractivity contribution in [1.29, 1.82) is 0 Å². The second kappa shape index (κ2) is 9.95. The Hall–Kier alpha value is -4.59. The van der Waals surface area contributed by atoms with Gasteiger partial charge in [-0.25, -0.2) is 4.68 Å². The second-order valence-corrected chi connectivity index (χ2v) is 8.47. The first kappa shape index (κ1) is 23.2. The van der Waals surface area contributed by atoms with E-state index in [4.69, 9.17) is 9.84 Å². The zero-order valence-electron chi connectivity index (χ0n) is 19.9. The van der Waals surface area contributed by atoms with Gasteiger partial charge in [-0.05, 0) is 36.4 Å². The largest absolute Gasteiger partial charge is 0.507 e. The smallest absolute Gasteiger partial charge is 0.257 e. The number of nitrogens with zero attached hydrogens (tertiary/aromatic N) is 4. The van der Waals surface area contributed by atoms with E-state index >= 15 is 0 Å². The molecule has 182 valence electrons. The summed E-state index contributed by atoms with van der Waals surface area (Å²) in [6.07, 6.45) is 1.75. The fraction of sp³-hybridized carbons (Fsp3) is 0.179. The summed E-state index contributed by atoms with van der Waals surface area (Å²) in [5, 5.41) is 14.8. The maximum absolute atomic E-state index is 13.7. The van der Waals surface area contributed by atoms with Crippen LogP contribution in [-0.4, -0.2) is 69.8 Å². The van der Waals surface area contributed by atoms with E-state index in [2.05, 4.69) is 0 Å². The highest BCUT2D eigenvalue weighted by atomic mass is 16.5. The molecule has 3 aromatic carbocycles. The normalized spacial score (nSPS) is 13.5. The van der Waals surface area contributed by atoms with Crippen molar-refractivity contribution in [2.45, 2.75) is 0 Å². The maximum Gasteiger partial charge on any atom is 0.257 e. The van der Waals surface area contributed by atoms with E-state index in [0.717, 1.165) is 11.3 Å². The number of aromatic hydroxyl groups is 1. The number of aromatic nitrogens is 2. The Morgan fingerprint density at radius 3 is 2.03 bits per heavy atom. The number of carbonyl (C=O) groups excluding carboxylic acids is 2. The third kappa shape index (κ3) is 4.40. The molecule has 2 amide bonds. The first-order valence-corrected chi connectivity index (χ1v) is 11.7. The van der Waals surface area contributed by atoms with Crippen molar-refractivity contribution in [3.63, 3.8) is 0 Å². The summed E-state index contributed by atoms with van der Waals surface area (Å²) in [5.74, 6) is 0.179. The second-order valence-electron chi connectivity index (χ2n) is 8.47. The molecule has 1 fully saturated rings. The Labute approximate surface area is 209 Å². The lowest BCUT2D eigenvalue weighted by Crippen LogP contribution is -2.50. The summed E-state index contributed by atoms with van der Waals surface area (Å²) in [5.41, 5.74) is 2.83. The summed E-state index contributed by atoms with van der Waals surface area (Å²) >= 11 is 0. The number of hydrogen-bond donors (Lipinski definition) is 1. The molecule has 1 saturated heterocycles. The molecule has 1 aliphatic rings. The Morgan fingerprint density at radius 1 is 0.778 bits per heavy atom. The minimum absolute atomic E-state index is 0.0456. The first-order valence-electron chi connectivity index (χ1n) is 11.7. The lowest BCUT2D eigenvalue weighted by atomic mass is 10.1. The summed E-state index contributed by atoms with van der Waals surface area (Å²) in [6.45, 7) is 1.49. The van der Waals surface area contributed by atoms with Crippen molar-refractivity contribution >= 4 is 11.8 Å². The van der Waals surface area contributed by atoms with Crippen LogP contribution in [0, 0.1) is 0 Å². The molecule has 0 spiro atoms. The van der Waals surface area contributed by atoms with Crippen molar-refractivity contribution in [1.82, 2.24) is 19.6 Å². The Balaban J connectivity index is 1.42. The molecule has 8 nitrogen and oxygen atoms in total. The van der Waals surface area contributed by atoms with Gasteiger partial charge in [0.25, 0.3) is 11.8 Å². The van der Waals surface area contributed by atoms with E-state index in [9.17, 15) is 14.7 Å². The molecule has 5 rings (SSSR count). The molecule has 0 unspecified atom stereocenters. The summed E-state index contributed by atoms with van der Waals surface area (Å²) in [6, 6.07) is 23.6. The fourth-order valence-corrected chi connectivity index (χ4v) is 4.39. The van der Waals surface area contributed by atoms with Crippen LogP contribution in [0.25, 0.3) is 16.9 Å². The third-order valence-corrected chi connectivity index (χ3v) is 6.32. The monoisotopic (exact) mass is 482 g/mol.